The summed E-state index contributed by atoms with van der Waals surface area (Å²) in [6, 6.07) is 6.73. The molecule has 28 heavy (non-hydrogen) atoms. The van der Waals surface area contributed by atoms with Crippen LogP contribution >= 0.6 is 0 Å². The van der Waals surface area contributed by atoms with Gasteiger partial charge in [-0.15, -0.1) is 0 Å². The molecule has 1 heterocycles. The Morgan fingerprint density at radius 3 is 2.43 bits per heavy atom. The number of Topliss-reactive ketones (excluding diaryl/α,β-unsaturated/α-hetero) is 1. The normalized spacial score (nSPS) is 14.2. The molecule has 0 bridgehead atoms. The van der Waals surface area contributed by atoms with E-state index in [1.807, 2.05) is 6.92 Å². The van der Waals surface area contributed by atoms with Crippen molar-refractivity contribution in [1.29, 1.82) is 0 Å². The van der Waals surface area contributed by atoms with E-state index in [1.165, 1.54) is 4.90 Å². The van der Waals surface area contributed by atoms with E-state index in [2.05, 4.69) is 10.9 Å². The molecule has 0 radical (unpaired) electrons. The van der Waals surface area contributed by atoms with E-state index in [4.69, 9.17) is 4.74 Å². The van der Waals surface area contributed by atoms with Crippen LogP contribution in [-0.4, -0.2) is 48.1 Å². The number of rotatable bonds is 8. The number of likely N-dealkylation sites (tertiary alicyclic amines) is 1. The number of carbonyl (C=O) groups is 4. The maximum Gasteiger partial charge on any atom is 0.257 e. The Hall–Kier alpha value is -2.90. The minimum Gasteiger partial charge on any atom is -0.494 e. The Kier molecular flexibility index (Phi) is 8.45. The molecule has 2 N–H and O–H groups in total. The molecule has 0 aliphatic carbocycles. The zero-order chi connectivity index (χ0) is 20.4. The van der Waals surface area contributed by atoms with E-state index in [0.29, 0.717) is 30.9 Å². The smallest absolute Gasteiger partial charge is 0.257 e. The molecule has 0 saturated carbocycles. The van der Waals surface area contributed by atoms with Gasteiger partial charge in [0.25, 0.3) is 5.91 Å². The van der Waals surface area contributed by atoms with Crippen molar-refractivity contribution in [3.63, 3.8) is 0 Å². The van der Waals surface area contributed by atoms with Crippen LogP contribution in [0.4, 0.5) is 0 Å². The minimum absolute atomic E-state index is 0.0281. The van der Waals surface area contributed by atoms with Gasteiger partial charge in [-0.2, -0.15) is 0 Å². The molecule has 1 saturated heterocycles. The Balaban J connectivity index is 1.69. The van der Waals surface area contributed by atoms with Crippen molar-refractivity contribution in [3.8, 4) is 5.75 Å². The third kappa shape index (κ3) is 7.02. The van der Waals surface area contributed by atoms with Crippen molar-refractivity contribution in [2.24, 2.45) is 0 Å². The predicted molar refractivity (Wildman–Crippen MR) is 103 cm³/mol. The second-order valence-corrected chi connectivity index (χ2v) is 6.60. The minimum atomic E-state index is -0.463. The summed E-state index contributed by atoms with van der Waals surface area (Å²) in [5, 5.41) is 0. The Labute approximate surface area is 164 Å². The number of amides is 3. The third-order valence-corrected chi connectivity index (χ3v) is 4.41. The lowest BCUT2D eigenvalue weighted by atomic mass is 10.1. The highest BCUT2D eigenvalue weighted by Gasteiger charge is 2.19. The number of benzene rings is 1. The number of nitrogens with zero attached hydrogens (tertiary/aromatic N) is 1. The molecular weight excluding hydrogens is 362 g/mol. The van der Waals surface area contributed by atoms with Gasteiger partial charge in [0, 0.05) is 31.4 Å². The van der Waals surface area contributed by atoms with Gasteiger partial charge >= 0.3 is 0 Å². The maximum atomic E-state index is 12.1. The molecule has 1 aromatic rings. The number of ether oxygens (including phenoxy) is 1. The van der Waals surface area contributed by atoms with E-state index in [9.17, 15) is 19.2 Å². The summed E-state index contributed by atoms with van der Waals surface area (Å²) in [5.74, 6) is -0.446. The lowest BCUT2D eigenvalue weighted by molar-refractivity contribution is -0.136. The fourth-order valence-electron chi connectivity index (χ4n) is 2.90. The number of hydrogen-bond donors (Lipinski definition) is 2. The van der Waals surface area contributed by atoms with Gasteiger partial charge in [0.05, 0.1) is 6.61 Å². The van der Waals surface area contributed by atoms with Crippen LogP contribution < -0.4 is 15.6 Å². The highest BCUT2D eigenvalue weighted by Crippen LogP contribution is 2.14. The lowest BCUT2D eigenvalue weighted by Crippen LogP contribution is -2.47. The quantitative estimate of drug-likeness (QED) is 0.519. The first-order chi connectivity index (χ1) is 13.5. The van der Waals surface area contributed by atoms with Crippen LogP contribution in [0, 0.1) is 0 Å². The zero-order valence-electron chi connectivity index (χ0n) is 16.2. The molecule has 8 nitrogen and oxygen atoms in total. The second kappa shape index (κ2) is 11.1. The van der Waals surface area contributed by atoms with E-state index < -0.39 is 11.8 Å². The standard InChI is InChI=1S/C20H27N3O5/c1-2-28-16-9-7-15(8-10-16)17(24)11-12-18(25)21-22-19(26)14-23-13-5-3-4-6-20(23)27/h7-10H,2-6,11-14H2,1H3,(H,21,25)(H,22,26). The molecule has 1 fully saturated rings. The lowest BCUT2D eigenvalue weighted by Gasteiger charge is -2.19. The number of nitrogens with one attached hydrogen (secondary N) is 2. The number of hydrazine groups is 1. The van der Waals surface area contributed by atoms with Gasteiger partial charge < -0.3 is 9.64 Å². The molecule has 3 amide bonds. The third-order valence-electron chi connectivity index (χ3n) is 4.41. The first-order valence-corrected chi connectivity index (χ1v) is 9.61. The van der Waals surface area contributed by atoms with Crippen molar-refractivity contribution >= 4 is 23.5 Å². The molecule has 1 aliphatic heterocycles. The first-order valence-electron chi connectivity index (χ1n) is 9.61. The van der Waals surface area contributed by atoms with E-state index in [0.717, 1.165) is 19.3 Å². The predicted octanol–water partition coefficient (Wildman–Crippen LogP) is 1.60. The molecule has 8 heteroatoms. The molecule has 2 rings (SSSR count). The number of hydrogen-bond acceptors (Lipinski definition) is 5. The van der Waals surface area contributed by atoms with Gasteiger partial charge in [0.2, 0.25) is 11.8 Å². The average Bonchev–Trinajstić information content (AvgIpc) is 2.89. The van der Waals surface area contributed by atoms with Crippen molar-refractivity contribution in [2.45, 2.75) is 45.4 Å². The van der Waals surface area contributed by atoms with Crippen LogP contribution in [0.2, 0.25) is 0 Å². The van der Waals surface area contributed by atoms with Crippen LogP contribution in [0.1, 0.15) is 55.8 Å². The molecule has 1 aromatic carbocycles. The van der Waals surface area contributed by atoms with Gasteiger partial charge in [-0.1, -0.05) is 6.42 Å². The molecule has 0 aromatic heterocycles. The topological polar surface area (TPSA) is 105 Å². The van der Waals surface area contributed by atoms with Gasteiger partial charge in [-0.05, 0) is 44.0 Å². The summed E-state index contributed by atoms with van der Waals surface area (Å²) in [4.78, 5) is 49.3. The SMILES string of the molecule is CCOc1ccc(C(=O)CCC(=O)NNC(=O)CN2CCCCCC2=O)cc1. The summed E-state index contributed by atoms with van der Waals surface area (Å²) in [6.45, 7) is 2.90. The summed E-state index contributed by atoms with van der Waals surface area (Å²) >= 11 is 0. The summed E-state index contributed by atoms with van der Waals surface area (Å²) < 4.78 is 5.32. The summed E-state index contributed by atoms with van der Waals surface area (Å²) in [5.41, 5.74) is 5.08. The molecule has 152 valence electrons. The van der Waals surface area contributed by atoms with E-state index >= 15 is 0 Å². The van der Waals surface area contributed by atoms with Gasteiger partial charge in [-0.25, -0.2) is 0 Å². The summed E-state index contributed by atoms with van der Waals surface area (Å²) in [6.07, 6.45) is 3.13. The molecule has 0 spiro atoms. The van der Waals surface area contributed by atoms with Crippen molar-refractivity contribution in [1.82, 2.24) is 15.8 Å². The van der Waals surface area contributed by atoms with Gasteiger partial charge in [0.15, 0.2) is 5.78 Å². The molecule has 1 aliphatic rings. The van der Waals surface area contributed by atoms with Crippen LogP contribution in [0.5, 0.6) is 5.75 Å². The van der Waals surface area contributed by atoms with Crippen molar-refractivity contribution in [2.75, 3.05) is 19.7 Å². The second-order valence-electron chi connectivity index (χ2n) is 6.60. The van der Waals surface area contributed by atoms with Crippen LogP contribution in [0.25, 0.3) is 0 Å². The van der Waals surface area contributed by atoms with Crippen molar-refractivity contribution in [3.05, 3.63) is 29.8 Å². The van der Waals surface area contributed by atoms with Crippen LogP contribution in [0.3, 0.4) is 0 Å². The highest BCUT2D eigenvalue weighted by molar-refractivity contribution is 5.98. The molecule has 0 unspecified atom stereocenters. The highest BCUT2D eigenvalue weighted by atomic mass is 16.5. The van der Waals surface area contributed by atoms with Crippen LogP contribution in [0.15, 0.2) is 24.3 Å². The molecular formula is C20H27N3O5. The maximum absolute atomic E-state index is 12.1. The van der Waals surface area contributed by atoms with Crippen LogP contribution in [-0.2, 0) is 14.4 Å². The van der Waals surface area contributed by atoms with Crippen molar-refractivity contribution < 1.29 is 23.9 Å². The van der Waals surface area contributed by atoms with E-state index in [1.54, 1.807) is 24.3 Å². The Morgan fingerprint density at radius 1 is 1.00 bits per heavy atom. The monoisotopic (exact) mass is 389 g/mol. The largest absolute Gasteiger partial charge is 0.494 e. The summed E-state index contributed by atoms with van der Waals surface area (Å²) in [7, 11) is 0. The average molecular weight is 389 g/mol. The first kappa shape index (κ1) is 21.4. The van der Waals surface area contributed by atoms with Gasteiger partial charge in [-0.3, -0.25) is 30.0 Å². The Bertz CT molecular complexity index is 702. The fraction of sp³-hybridized carbons (Fsp3) is 0.500. The van der Waals surface area contributed by atoms with Gasteiger partial charge in [0.1, 0.15) is 12.3 Å². The number of ketones is 1. The fourth-order valence-corrected chi connectivity index (χ4v) is 2.90. The Morgan fingerprint density at radius 2 is 1.71 bits per heavy atom. The molecule has 0 atom stereocenters. The number of carbonyl (C=O) groups excluding carboxylic acids is 4. The zero-order valence-corrected chi connectivity index (χ0v) is 16.2. The van der Waals surface area contributed by atoms with E-state index in [-0.39, 0.29) is 31.1 Å².